The van der Waals surface area contributed by atoms with Crippen molar-refractivity contribution in [2.24, 2.45) is 4.99 Å². The van der Waals surface area contributed by atoms with Crippen LogP contribution in [0.25, 0.3) is 22.5 Å². The van der Waals surface area contributed by atoms with Gasteiger partial charge in [-0.25, -0.2) is 4.79 Å². The Morgan fingerprint density at radius 2 is 1.77 bits per heavy atom. The lowest BCUT2D eigenvalue weighted by molar-refractivity contribution is 0.388. The number of hydrogen-bond acceptors (Lipinski definition) is 5. The maximum absolute atomic E-state index is 11.5. The number of aromatic nitrogens is 2. The number of anilines is 1. The Morgan fingerprint density at radius 3 is 2.46 bits per heavy atom. The van der Waals surface area contributed by atoms with Crippen molar-refractivity contribution in [1.29, 1.82) is 0 Å². The number of aromatic amines is 1. The third-order valence-electron chi connectivity index (χ3n) is 7.29. The van der Waals surface area contributed by atoms with Crippen molar-refractivity contribution >= 4 is 11.4 Å². The lowest BCUT2D eigenvalue weighted by atomic mass is 9.94. The predicted octanol–water partition coefficient (Wildman–Crippen LogP) is 7.74. The Kier molecular flexibility index (Phi) is 7.92. The van der Waals surface area contributed by atoms with Crippen molar-refractivity contribution in [3.63, 3.8) is 0 Å². The largest absolute Gasteiger partial charge is 0.439 e. The molecule has 0 spiro atoms. The second-order valence-corrected chi connectivity index (χ2v) is 10.5. The number of nitrogens with zero attached hydrogens (tertiary/aromatic N) is 3. The van der Waals surface area contributed by atoms with Gasteiger partial charge in [-0.15, -0.1) is 0 Å². The highest BCUT2D eigenvalue weighted by Crippen LogP contribution is 2.32. The molecule has 0 bridgehead atoms. The molecule has 4 aromatic rings. The average molecular weight is 521 g/mol. The number of unbranched alkanes of at least 4 members (excludes halogenated alkanes) is 1. The fraction of sp³-hybridized carbons (Fsp3) is 0.303. The molecule has 200 valence electrons. The lowest BCUT2D eigenvalue weighted by Gasteiger charge is -2.32. The number of allylic oxidation sites excluding steroid dienone is 1. The second kappa shape index (κ2) is 11.7. The Labute approximate surface area is 230 Å². The highest BCUT2D eigenvalue weighted by Gasteiger charge is 2.22. The van der Waals surface area contributed by atoms with Gasteiger partial charge in [0, 0.05) is 29.6 Å². The SMILES string of the molecule is CCCCC1=NC(C)N(c2cccc(C(C)C)c2)C=C1Cc1ccc(-c2ccccc2-c2noc(=O)[nH]2)cc1. The van der Waals surface area contributed by atoms with Gasteiger partial charge in [-0.1, -0.05) is 93.0 Å². The molecular weight excluding hydrogens is 484 g/mol. The summed E-state index contributed by atoms with van der Waals surface area (Å²) in [4.78, 5) is 21.7. The van der Waals surface area contributed by atoms with Crippen molar-refractivity contribution in [3.05, 3.63) is 106 Å². The van der Waals surface area contributed by atoms with Crippen LogP contribution in [0.2, 0.25) is 0 Å². The zero-order valence-corrected chi connectivity index (χ0v) is 23.1. The van der Waals surface area contributed by atoms with Crippen molar-refractivity contribution < 1.29 is 4.52 Å². The van der Waals surface area contributed by atoms with E-state index in [2.05, 4.69) is 97.5 Å². The van der Waals surface area contributed by atoms with Crippen LogP contribution in [-0.4, -0.2) is 22.0 Å². The van der Waals surface area contributed by atoms with Gasteiger partial charge in [0.1, 0.15) is 6.17 Å². The molecule has 0 saturated carbocycles. The molecule has 0 amide bonds. The van der Waals surface area contributed by atoms with Gasteiger partial charge in [-0.2, -0.15) is 0 Å². The third-order valence-corrected chi connectivity index (χ3v) is 7.29. The van der Waals surface area contributed by atoms with Gasteiger partial charge in [0.05, 0.1) is 0 Å². The molecule has 0 aliphatic carbocycles. The number of benzene rings is 3. The molecule has 39 heavy (non-hydrogen) atoms. The van der Waals surface area contributed by atoms with Gasteiger partial charge >= 0.3 is 5.76 Å². The normalized spacial score (nSPS) is 15.4. The van der Waals surface area contributed by atoms with E-state index in [4.69, 9.17) is 9.52 Å². The van der Waals surface area contributed by atoms with E-state index >= 15 is 0 Å². The first-order valence-electron chi connectivity index (χ1n) is 13.8. The Balaban J connectivity index is 1.43. The fourth-order valence-electron chi connectivity index (χ4n) is 5.08. The smallest absolute Gasteiger partial charge is 0.325 e. The first-order valence-corrected chi connectivity index (χ1v) is 13.8. The Morgan fingerprint density at radius 1 is 1.00 bits per heavy atom. The molecular formula is C33H36N4O2. The molecule has 6 nitrogen and oxygen atoms in total. The number of nitrogens with one attached hydrogen (secondary N) is 1. The second-order valence-electron chi connectivity index (χ2n) is 10.5. The van der Waals surface area contributed by atoms with E-state index in [1.807, 2.05) is 24.3 Å². The van der Waals surface area contributed by atoms with E-state index in [-0.39, 0.29) is 6.17 Å². The molecule has 1 unspecified atom stereocenters. The Hall–Kier alpha value is -4.19. The van der Waals surface area contributed by atoms with Crippen LogP contribution in [0.1, 0.15) is 64.0 Å². The van der Waals surface area contributed by atoms with Gasteiger partial charge in [0.15, 0.2) is 5.82 Å². The molecule has 3 aromatic carbocycles. The summed E-state index contributed by atoms with van der Waals surface area (Å²) < 4.78 is 4.74. The fourth-order valence-corrected chi connectivity index (χ4v) is 5.08. The number of aliphatic imine (C=N–C) groups is 1. The van der Waals surface area contributed by atoms with Crippen molar-refractivity contribution in [2.45, 2.75) is 65.5 Å². The molecule has 1 atom stereocenters. The minimum absolute atomic E-state index is 0.0601. The summed E-state index contributed by atoms with van der Waals surface area (Å²) in [6.45, 7) is 8.86. The summed E-state index contributed by atoms with van der Waals surface area (Å²) in [7, 11) is 0. The van der Waals surface area contributed by atoms with Crippen LogP contribution in [0, 0.1) is 0 Å². The quantitative estimate of drug-likeness (QED) is 0.245. The van der Waals surface area contributed by atoms with E-state index in [0.717, 1.165) is 42.4 Å². The number of H-pyrrole nitrogens is 1. The van der Waals surface area contributed by atoms with Gasteiger partial charge in [-0.05, 0) is 65.6 Å². The highest BCUT2D eigenvalue weighted by molar-refractivity contribution is 6.02. The summed E-state index contributed by atoms with van der Waals surface area (Å²) in [5, 5.41) is 3.88. The highest BCUT2D eigenvalue weighted by atomic mass is 16.5. The molecule has 2 heterocycles. The van der Waals surface area contributed by atoms with Gasteiger partial charge in [-0.3, -0.25) is 14.5 Å². The van der Waals surface area contributed by atoms with Crippen molar-refractivity contribution in [3.8, 4) is 22.5 Å². The van der Waals surface area contributed by atoms with Crippen LogP contribution in [0.15, 0.2) is 98.9 Å². The lowest BCUT2D eigenvalue weighted by Crippen LogP contribution is -2.33. The van der Waals surface area contributed by atoms with E-state index < -0.39 is 5.76 Å². The van der Waals surface area contributed by atoms with Crippen molar-refractivity contribution in [2.75, 3.05) is 4.90 Å². The Bertz CT molecular complexity index is 1540. The maximum atomic E-state index is 11.5. The molecule has 1 N–H and O–H groups in total. The first kappa shape index (κ1) is 26.4. The number of rotatable bonds is 9. The van der Waals surface area contributed by atoms with Crippen LogP contribution < -0.4 is 10.7 Å². The minimum atomic E-state index is -0.559. The summed E-state index contributed by atoms with van der Waals surface area (Å²) in [5.41, 5.74) is 9.09. The molecule has 1 aliphatic heterocycles. The zero-order valence-electron chi connectivity index (χ0n) is 23.1. The van der Waals surface area contributed by atoms with Crippen LogP contribution in [0.3, 0.4) is 0 Å². The molecule has 5 rings (SSSR count). The summed E-state index contributed by atoms with van der Waals surface area (Å²) in [5.74, 6) is 0.348. The molecule has 0 radical (unpaired) electrons. The summed E-state index contributed by atoms with van der Waals surface area (Å²) in [6.07, 6.45) is 6.45. The van der Waals surface area contributed by atoms with E-state index in [9.17, 15) is 4.79 Å². The zero-order chi connectivity index (χ0) is 27.4. The molecule has 1 aromatic heterocycles. The van der Waals surface area contributed by atoms with Crippen molar-refractivity contribution in [1.82, 2.24) is 10.1 Å². The standard InChI is InChI=1S/C33H36N4O2/c1-5-6-14-31-27(21-37(23(4)34-31)28-11-9-10-26(20-28)22(2)3)19-24-15-17-25(18-16-24)29-12-7-8-13-30(29)32-35-33(38)39-36-32/h7-13,15-18,20-23H,5-6,14,19H2,1-4H3,(H,35,36,38). The van der Waals surface area contributed by atoms with Crippen LogP contribution >= 0.6 is 0 Å². The van der Waals surface area contributed by atoms with Crippen LogP contribution in [0.5, 0.6) is 0 Å². The summed E-state index contributed by atoms with van der Waals surface area (Å²) in [6, 6.07) is 25.3. The van der Waals surface area contributed by atoms with Gasteiger partial charge in [0.25, 0.3) is 0 Å². The van der Waals surface area contributed by atoms with Crippen LogP contribution in [-0.2, 0) is 6.42 Å². The van der Waals surface area contributed by atoms with E-state index in [0.29, 0.717) is 11.7 Å². The minimum Gasteiger partial charge on any atom is -0.325 e. The molecule has 6 heteroatoms. The molecule has 0 fully saturated rings. The molecule has 0 saturated heterocycles. The maximum Gasteiger partial charge on any atom is 0.439 e. The molecule has 1 aliphatic rings. The van der Waals surface area contributed by atoms with E-state index in [1.54, 1.807) is 0 Å². The topological polar surface area (TPSA) is 74.5 Å². The van der Waals surface area contributed by atoms with E-state index in [1.165, 1.54) is 28.1 Å². The van der Waals surface area contributed by atoms with Gasteiger partial charge < -0.3 is 4.90 Å². The average Bonchev–Trinajstić information content (AvgIpc) is 3.39. The third kappa shape index (κ3) is 5.95. The summed E-state index contributed by atoms with van der Waals surface area (Å²) >= 11 is 0. The van der Waals surface area contributed by atoms with Gasteiger partial charge in [0.2, 0.25) is 0 Å². The van der Waals surface area contributed by atoms with Crippen LogP contribution in [0.4, 0.5) is 5.69 Å². The monoisotopic (exact) mass is 520 g/mol. The predicted molar refractivity (Wildman–Crippen MR) is 159 cm³/mol. The number of hydrogen-bond donors (Lipinski definition) is 1. The first-order chi connectivity index (χ1) is 18.9.